The van der Waals surface area contributed by atoms with Crippen molar-refractivity contribution in [2.75, 3.05) is 18.2 Å². The van der Waals surface area contributed by atoms with Crippen molar-refractivity contribution in [1.82, 2.24) is 0 Å². The molecular weight excluding hydrogens is 404 g/mol. The molecule has 0 aliphatic rings. The molecule has 2 rings (SSSR count). The van der Waals surface area contributed by atoms with Crippen LogP contribution in [0.4, 0.5) is 17.1 Å². The Bertz CT molecular complexity index is 705. The van der Waals surface area contributed by atoms with Crippen LogP contribution >= 0.6 is 31.9 Å². The molecule has 110 valence electrons. The Morgan fingerprint density at radius 2 is 1.95 bits per heavy atom. The number of hydrogen-bond acceptors (Lipinski definition) is 4. The molecular formula is C14H12Br2N2O3. The molecule has 0 aliphatic heterocycles. The number of para-hydroxylation sites is 1. The predicted octanol–water partition coefficient (Wildman–Crippen LogP) is 4.24. The normalized spacial score (nSPS) is 10.2. The summed E-state index contributed by atoms with van der Waals surface area (Å²) in [7, 11) is 1.57. The van der Waals surface area contributed by atoms with Crippen LogP contribution in [-0.4, -0.2) is 18.2 Å². The highest BCUT2D eigenvalue weighted by Crippen LogP contribution is 2.37. The van der Waals surface area contributed by atoms with Gasteiger partial charge in [-0.15, -0.1) is 0 Å². The monoisotopic (exact) mass is 414 g/mol. The number of hydrogen-bond donors (Lipinski definition) is 3. The Kier molecular flexibility index (Phi) is 4.74. The minimum Gasteiger partial charge on any atom is -0.495 e. The van der Waals surface area contributed by atoms with Crippen molar-refractivity contribution < 1.29 is 14.6 Å². The Hall–Kier alpha value is -1.73. The third kappa shape index (κ3) is 3.30. The second kappa shape index (κ2) is 6.36. The molecule has 5 nitrogen and oxygen atoms in total. The number of carboxylic acid groups (broad SMARTS) is 1. The van der Waals surface area contributed by atoms with Crippen LogP contribution in [0.15, 0.2) is 39.3 Å². The molecule has 0 aliphatic carbocycles. The fourth-order valence-electron chi connectivity index (χ4n) is 1.79. The molecule has 0 aromatic heterocycles. The molecule has 0 spiro atoms. The van der Waals surface area contributed by atoms with Crippen molar-refractivity contribution in [1.29, 1.82) is 0 Å². The number of rotatable bonds is 4. The summed E-state index contributed by atoms with van der Waals surface area (Å²) in [4.78, 5) is 11.1. The molecule has 0 saturated heterocycles. The third-order valence-electron chi connectivity index (χ3n) is 2.85. The van der Waals surface area contributed by atoms with Crippen LogP contribution in [0.5, 0.6) is 5.75 Å². The van der Waals surface area contributed by atoms with Crippen LogP contribution in [0.1, 0.15) is 10.4 Å². The zero-order valence-corrected chi connectivity index (χ0v) is 14.2. The number of nitrogen functional groups attached to an aromatic ring is 1. The molecule has 0 saturated carbocycles. The van der Waals surface area contributed by atoms with Gasteiger partial charge in [-0.3, -0.25) is 0 Å². The van der Waals surface area contributed by atoms with E-state index in [1.807, 2.05) is 6.07 Å². The lowest BCUT2D eigenvalue weighted by atomic mass is 10.1. The first-order valence-corrected chi connectivity index (χ1v) is 7.44. The zero-order chi connectivity index (χ0) is 15.6. The van der Waals surface area contributed by atoms with E-state index in [4.69, 9.17) is 15.6 Å². The van der Waals surface area contributed by atoms with Crippen molar-refractivity contribution in [2.45, 2.75) is 0 Å². The highest BCUT2D eigenvalue weighted by molar-refractivity contribution is 9.11. The third-order valence-corrected chi connectivity index (χ3v) is 4.12. The SMILES string of the molecule is COc1cc(Nc2cccc(C(=O)O)c2N)c(Br)cc1Br. The first-order chi connectivity index (χ1) is 9.93. The summed E-state index contributed by atoms with van der Waals surface area (Å²) in [6.07, 6.45) is 0. The molecule has 0 amide bonds. The van der Waals surface area contributed by atoms with E-state index in [9.17, 15) is 4.79 Å². The minimum absolute atomic E-state index is 0.0557. The van der Waals surface area contributed by atoms with Crippen molar-refractivity contribution in [3.8, 4) is 5.75 Å². The van der Waals surface area contributed by atoms with Crippen LogP contribution in [0.25, 0.3) is 0 Å². The van der Waals surface area contributed by atoms with Gasteiger partial charge >= 0.3 is 5.97 Å². The Morgan fingerprint density at radius 1 is 1.24 bits per heavy atom. The number of nitrogens with two attached hydrogens (primary N) is 1. The molecule has 0 bridgehead atoms. The van der Waals surface area contributed by atoms with Gasteiger partial charge in [-0.05, 0) is 50.1 Å². The zero-order valence-electron chi connectivity index (χ0n) is 11.0. The molecule has 0 radical (unpaired) electrons. The number of methoxy groups -OCH3 is 1. The average molecular weight is 416 g/mol. The van der Waals surface area contributed by atoms with Gasteiger partial charge in [0.1, 0.15) is 5.75 Å². The average Bonchev–Trinajstić information content (AvgIpc) is 2.43. The predicted molar refractivity (Wildman–Crippen MR) is 89.5 cm³/mol. The van der Waals surface area contributed by atoms with Gasteiger partial charge in [0.2, 0.25) is 0 Å². The number of anilines is 3. The lowest BCUT2D eigenvalue weighted by Gasteiger charge is -2.14. The number of nitrogens with one attached hydrogen (secondary N) is 1. The van der Waals surface area contributed by atoms with Crippen LogP contribution in [0, 0.1) is 0 Å². The van der Waals surface area contributed by atoms with E-state index < -0.39 is 5.97 Å². The fourth-order valence-corrected chi connectivity index (χ4v) is 3.04. The van der Waals surface area contributed by atoms with Gasteiger partial charge in [0.25, 0.3) is 0 Å². The largest absolute Gasteiger partial charge is 0.495 e. The first kappa shape index (κ1) is 15.7. The van der Waals surface area contributed by atoms with Crippen molar-refractivity contribution in [2.24, 2.45) is 0 Å². The molecule has 0 unspecified atom stereocenters. The van der Waals surface area contributed by atoms with E-state index in [0.717, 1.165) is 8.95 Å². The van der Waals surface area contributed by atoms with Crippen LogP contribution in [0.2, 0.25) is 0 Å². The summed E-state index contributed by atoms with van der Waals surface area (Å²) in [5.41, 5.74) is 7.34. The number of aromatic carboxylic acids is 1. The van der Waals surface area contributed by atoms with Crippen LogP contribution in [0.3, 0.4) is 0 Å². The van der Waals surface area contributed by atoms with Gasteiger partial charge in [0, 0.05) is 10.5 Å². The van der Waals surface area contributed by atoms with E-state index in [1.54, 1.807) is 25.3 Å². The molecule has 0 atom stereocenters. The lowest BCUT2D eigenvalue weighted by Crippen LogP contribution is -2.05. The number of ether oxygens (including phenoxy) is 1. The highest BCUT2D eigenvalue weighted by atomic mass is 79.9. The Labute approximate surface area is 138 Å². The smallest absolute Gasteiger partial charge is 0.337 e. The summed E-state index contributed by atoms with van der Waals surface area (Å²) >= 11 is 6.82. The Balaban J connectivity index is 2.43. The van der Waals surface area contributed by atoms with E-state index >= 15 is 0 Å². The number of carbonyl (C=O) groups is 1. The van der Waals surface area contributed by atoms with Crippen LogP contribution < -0.4 is 15.8 Å². The summed E-state index contributed by atoms with van der Waals surface area (Å²) in [6, 6.07) is 8.41. The molecule has 21 heavy (non-hydrogen) atoms. The van der Waals surface area contributed by atoms with Gasteiger partial charge in [0.05, 0.1) is 34.2 Å². The standard InChI is InChI=1S/C14H12Br2N2O3/c1-21-12-6-11(8(15)5-9(12)16)18-10-4-2-3-7(13(10)17)14(19)20/h2-6,18H,17H2,1H3,(H,19,20). The van der Waals surface area contributed by atoms with Gasteiger partial charge < -0.3 is 20.9 Å². The molecule has 2 aromatic carbocycles. The maximum Gasteiger partial charge on any atom is 0.337 e. The van der Waals surface area contributed by atoms with Crippen LogP contribution in [-0.2, 0) is 0 Å². The minimum atomic E-state index is -1.07. The van der Waals surface area contributed by atoms with Gasteiger partial charge in [0.15, 0.2) is 0 Å². The molecule has 0 fully saturated rings. The lowest BCUT2D eigenvalue weighted by molar-refractivity contribution is 0.0698. The number of carboxylic acids is 1. The topological polar surface area (TPSA) is 84.6 Å². The van der Waals surface area contributed by atoms with Crippen molar-refractivity contribution in [3.63, 3.8) is 0 Å². The van der Waals surface area contributed by atoms with Gasteiger partial charge in [-0.2, -0.15) is 0 Å². The number of benzene rings is 2. The molecule has 0 heterocycles. The van der Waals surface area contributed by atoms with E-state index in [-0.39, 0.29) is 11.3 Å². The summed E-state index contributed by atoms with van der Waals surface area (Å²) in [6.45, 7) is 0. The van der Waals surface area contributed by atoms with Crippen molar-refractivity contribution in [3.05, 3.63) is 44.8 Å². The van der Waals surface area contributed by atoms with E-state index in [0.29, 0.717) is 17.1 Å². The number of halogens is 2. The summed E-state index contributed by atoms with van der Waals surface area (Å²) in [5.74, 6) is -0.419. The van der Waals surface area contributed by atoms with Crippen molar-refractivity contribution >= 4 is 54.9 Å². The quantitative estimate of drug-likeness (QED) is 0.650. The van der Waals surface area contributed by atoms with E-state index in [1.165, 1.54) is 6.07 Å². The fraction of sp³-hybridized carbons (Fsp3) is 0.0714. The molecule has 4 N–H and O–H groups in total. The first-order valence-electron chi connectivity index (χ1n) is 5.86. The van der Waals surface area contributed by atoms with Gasteiger partial charge in [-0.25, -0.2) is 4.79 Å². The molecule has 7 heteroatoms. The molecule has 2 aromatic rings. The highest BCUT2D eigenvalue weighted by Gasteiger charge is 2.13. The van der Waals surface area contributed by atoms with Gasteiger partial charge in [-0.1, -0.05) is 6.07 Å². The summed E-state index contributed by atoms with van der Waals surface area (Å²) in [5, 5.41) is 12.2. The second-order valence-electron chi connectivity index (χ2n) is 4.16. The maximum absolute atomic E-state index is 11.1. The van der Waals surface area contributed by atoms with E-state index in [2.05, 4.69) is 37.2 Å². The Morgan fingerprint density at radius 3 is 2.57 bits per heavy atom. The summed E-state index contributed by atoms with van der Waals surface area (Å²) < 4.78 is 6.83. The second-order valence-corrected chi connectivity index (χ2v) is 5.87. The maximum atomic E-state index is 11.1.